The van der Waals surface area contributed by atoms with Crippen molar-refractivity contribution in [1.82, 2.24) is 19.9 Å². The van der Waals surface area contributed by atoms with E-state index in [1.165, 1.54) is 5.39 Å². The van der Waals surface area contributed by atoms with Crippen LogP contribution in [0.25, 0.3) is 98.4 Å². The molecule has 0 radical (unpaired) electrons. The summed E-state index contributed by atoms with van der Waals surface area (Å²) in [6, 6.07) is 49.9. The van der Waals surface area contributed by atoms with Crippen molar-refractivity contribution in [2.75, 3.05) is 0 Å². The summed E-state index contributed by atoms with van der Waals surface area (Å²) in [4.78, 5) is 20.2. The summed E-state index contributed by atoms with van der Waals surface area (Å²) in [5.41, 5.74) is 6.50. The Kier molecular flexibility index (Phi) is 5.98. The van der Waals surface area contributed by atoms with Gasteiger partial charge in [0.25, 0.3) is 0 Å². The van der Waals surface area contributed by atoms with Crippen molar-refractivity contribution in [2.24, 2.45) is 0 Å². The van der Waals surface area contributed by atoms with E-state index in [1.54, 1.807) is 11.3 Å². The monoisotopic (exact) mass is 632 g/mol. The van der Waals surface area contributed by atoms with E-state index >= 15 is 0 Å². The molecule has 0 bridgehead atoms. The molecule has 7 aromatic carbocycles. The van der Waals surface area contributed by atoms with Crippen LogP contribution >= 0.6 is 11.3 Å². The smallest absolute Gasteiger partial charge is 0.164 e. The minimum atomic E-state index is 0.615. The Morgan fingerprint density at radius 2 is 1.00 bits per heavy atom. The van der Waals surface area contributed by atoms with Gasteiger partial charge in [0, 0.05) is 27.6 Å². The first-order valence-electron chi connectivity index (χ1n) is 15.8. The van der Waals surface area contributed by atoms with Crippen LogP contribution in [0.15, 0.2) is 150 Å². The summed E-state index contributed by atoms with van der Waals surface area (Å²) < 4.78 is 7.57. The van der Waals surface area contributed by atoms with Gasteiger partial charge in [0.05, 0.1) is 15.6 Å². The van der Waals surface area contributed by atoms with Gasteiger partial charge in [-0.15, -0.1) is 11.3 Å². The van der Waals surface area contributed by atoms with Gasteiger partial charge in [-0.05, 0) is 51.9 Å². The van der Waals surface area contributed by atoms with Crippen LogP contribution in [0.3, 0.4) is 0 Å². The first-order chi connectivity index (χ1) is 23.7. The Hall–Kier alpha value is -6.24. The number of thiazole rings is 1. The predicted octanol–water partition coefficient (Wildman–Crippen LogP) is 11.4. The second-order valence-electron chi connectivity index (χ2n) is 11.9. The highest BCUT2D eigenvalue weighted by Crippen LogP contribution is 2.42. The van der Waals surface area contributed by atoms with Gasteiger partial charge in [0.1, 0.15) is 16.2 Å². The number of hydrogen-bond donors (Lipinski definition) is 0. The Bertz CT molecular complexity index is 2840. The fourth-order valence-electron chi connectivity index (χ4n) is 6.59. The number of benzene rings is 7. The van der Waals surface area contributed by atoms with Crippen LogP contribution in [0.5, 0.6) is 0 Å². The van der Waals surface area contributed by atoms with Gasteiger partial charge < -0.3 is 4.42 Å². The molecule has 10 rings (SSSR count). The molecule has 10 aromatic rings. The fourth-order valence-corrected chi connectivity index (χ4v) is 7.56. The third-order valence-corrected chi connectivity index (χ3v) is 10.00. The average molecular weight is 633 g/mol. The molecule has 0 N–H and O–H groups in total. The molecule has 6 heteroatoms. The maximum absolute atomic E-state index is 6.44. The summed E-state index contributed by atoms with van der Waals surface area (Å²) in [6.07, 6.45) is 0. The van der Waals surface area contributed by atoms with Crippen LogP contribution in [-0.2, 0) is 0 Å². The summed E-state index contributed by atoms with van der Waals surface area (Å²) in [5.74, 6) is 1.88. The van der Waals surface area contributed by atoms with E-state index < -0.39 is 0 Å². The Balaban J connectivity index is 1.20. The maximum atomic E-state index is 6.44. The van der Waals surface area contributed by atoms with Crippen molar-refractivity contribution in [2.45, 2.75) is 0 Å². The molecule has 0 aliphatic rings. The normalized spacial score (nSPS) is 11.8. The van der Waals surface area contributed by atoms with Crippen LogP contribution in [0.2, 0.25) is 0 Å². The van der Waals surface area contributed by atoms with Crippen molar-refractivity contribution in [3.05, 3.63) is 146 Å². The zero-order chi connectivity index (χ0) is 31.6. The summed E-state index contributed by atoms with van der Waals surface area (Å²) in [5, 5.41) is 7.56. The van der Waals surface area contributed by atoms with Crippen molar-refractivity contribution in [3.8, 4) is 44.7 Å². The van der Waals surface area contributed by atoms with Gasteiger partial charge in [-0.3, -0.25) is 0 Å². The molecule has 0 aliphatic carbocycles. The highest BCUT2D eigenvalue weighted by molar-refractivity contribution is 7.21. The Morgan fingerprint density at radius 3 is 1.77 bits per heavy atom. The molecule has 5 nitrogen and oxygen atoms in total. The second-order valence-corrected chi connectivity index (χ2v) is 12.9. The van der Waals surface area contributed by atoms with Crippen LogP contribution in [0.4, 0.5) is 0 Å². The van der Waals surface area contributed by atoms with Crippen molar-refractivity contribution in [3.63, 3.8) is 0 Å². The standard InChI is InChI=1S/C42H24N4OS/c1-3-10-27(11-4-1)39-44-40(30-17-15-25-9-7-8-14-29(25)23-30)46-41(45-39)31-18-16-26-19-20-33-36(32(26)24-31)37-34(47-33)21-22-35-38(37)43-42(48-35)28-12-5-2-6-13-28/h1-24H. The maximum Gasteiger partial charge on any atom is 0.164 e. The van der Waals surface area contributed by atoms with E-state index in [1.807, 2.05) is 36.4 Å². The zero-order valence-electron chi connectivity index (χ0n) is 25.5. The van der Waals surface area contributed by atoms with Crippen molar-refractivity contribution >= 4 is 65.0 Å². The van der Waals surface area contributed by atoms with Crippen LogP contribution in [0.1, 0.15) is 0 Å². The van der Waals surface area contributed by atoms with E-state index in [0.29, 0.717) is 17.5 Å². The molecule has 0 unspecified atom stereocenters. The molecule has 0 fully saturated rings. The van der Waals surface area contributed by atoms with Crippen LogP contribution < -0.4 is 0 Å². The van der Waals surface area contributed by atoms with E-state index in [9.17, 15) is 0 Å². The number of furan rings is 1. The fraction of sp³-hybridized carbons (Fsp3) is 0. The van der Waals surface area contributed by atoms with E-state index in [2.05, 4.69) is 109 Å². The lowest BCUT2D eigenvalue weighted by atomic mass is 10.0. The van der Waals surface area contributed by atoms with Crippen molar-refractivity contribution < 1.29 is 4.42 Å². The molecule has 0 atom stereocenters. The molecule has 0 saturated carbocycles. The number of aromatic nitrogens is 4. The quantitative estimate of drug-likeness (QED) is 0.193. The number of nitrogens with zero attached hydrogens (tertiary/aromatic N) is 4. The van der Waals surface area contributed by atoms with Crippen LogP contribution in [-0.4, -0.2) is 19.9 Å². The largest absolute Gasteiger partial charge is 0.456 e. The predicted molar refractivity (Wildman–Crippen MR) is 197 cm³/mol. The van der Waals surface area contributed by atoms with Gasteiger partial charge in [-0.2, -0.15) is 0 Å². The number of fused-ring (bicyclic) bond motifs is 8. The summed E-state index contributed by atoms with van der Waals surface area (Å²) in [6.45, 7) is 0. The Labute approximate surface area is 278 Å². The van der Waals surface area contributed by atoms with Gasteiger partial charge in [-0.1, -0.05) is 115 Å². The molecular formula is C42H24N4OS. The number of hydrogen-bond acceptors (Lipinski definition) is 6. The van der Waals surface area contributed by atoms with Gasteiger partial charge in [-0.25, -0.2) is 19.9 Å². The minimum absolute atomic E-state index is 0.615. The average Bonchev–Trinajstić information content (AvgIpc) is 3.77. The SMILES string of the molecule is c1ccc(-c2nc(-c3ccc4ccccc4c3)nc(-c3ccc4ccc5oc6ccc7sc(-c8ccccc8)nc7c6c5c4c3)n2)cc1. The van der Waals surface area contributed by atoms with Crippen LogP contribution in [0, 0.1) is 0 Å². The minimum Gasteiger partial charge on any atom is -0.456 e. The third-order valence-electron chi connectivity index (χ3n) is 8.93. The topological polar surface area (TPSA) is 64.7 Å². The van der Waals surface area contributed by atoms with E-state index in [4.69, 9.17) is 24.4 Å². The lowest BCUT2D eigenvalue weighted by Gasteiger charge is -2.10. The third kappa shape index (κ3) is 4.38. The highest BCUT2D eigenvalue weighted by atomic mass is 32.1. The Morgan fingerprint density at radius 1 is 0.417 bits per heavy atom. The van der Waals surface area contributed by atoms with Gasteiger partial charge >= 0.3 is 0 Å². The molecular weight excluding hydrogens is 609 g/mol. The molecule has 3 heterocycles. The molecule has 224 valence electrons. The van der Waals surface area contributed by atoms with Gasteiger partial charge in [0.15, 0.2) is 17.5 Å². The first-order valence-corrected chi connectivity index (χ1v) is 16.6. The molecule has 0 spiro atoms. The summed E-state index contributed by atoms with van der Waals surface area (Å²) in [7, 11) is 0. The molecule has 0 saturated heterocycles. The van der Waals surface area contributed by atoms with Crippen molar-refractivity contribution in [1.29, 1.82) is 0 Å². The highest BCUT2D eigenvalue weighted by Gasteiger charge is 2.19. The molecule has 48 heavy (non-hydrogen) atoms. The lowest BCUT2D eigenvalue weighted by molar-refractivity contribution is 0.669. The first kappa shape index (κ1) is 26.9. The molecule has 0 amide bonds. The summed E-state index contributed by atoms with van der Waals surface area (Å²) >= 11 is 1.70. The molecule has 0 aliphatic heterocycles. The zero-order valence-corrected chi connectivity index (χ0v) is 26.3. The van der Waals surface area contributed by atoms with Gasteiger partial charge in [0.2, 0.25) is 0 Å². The second kappa shape index (κ2) is 10.7. The van der Waals surface area contributed by atoms with E-state index in [-0.39, 0.29) is 0 Å². The van der Waals surface area contributed by atoms with E-state index in [0.717, 1.165) is 75.6 Å². The number of rotatable bonds is 4. The lowest BCUT2D eigenvalue weighted by Crippen LogP contribution is -2.00. The molecule has 3 aromatic heterocycles.